The summed E-state index contributed by atoms with van der Waals surface area (Å²) in [7, 11) is 0. The molecule has 8 N–H and O–H groups in total. The summed E-state index contributed by atoms with van der Waals surface area (Å²) in [6.45, 7) is 17.8. The third-order valence-electron chi connectivity index (χ3n) is 14.0. The molecule has 0 aromatic heterocycles. The van der Waals surface area contributed by atoms with E-state index in [1.165, 1.54) is 56.9 Å². The largest absolute Gasteiger partial charge is 0.490 e. The number of esters is 1. The Balaban J connectivity index is 0.000000882. The molecule has 0 aromatic carbocycles. The van der Waals surface area contributed by atoms with E-state index in [0.29, 0.717) is 31.5 Å². The maximum Gasteiger partial charge on any atom is 0.490 e. The molecule has 9 atom stereocenters. The van der Waals surface area contributed by atoms with Crippen LogP contribution in [0.5, 0.6) is 0 Å². The SMILES string of the molecule is CC(C)CCC[C@@H](C)[C@H]1CCC2C3CC=C4CC(OC(=O)[C@H](C)NC(=O)CCN(CCCN)CCCN)CC[C@]4(C)C3CC[C@@]21C.O=C(O)C(F)(F)F.O=C(O)C(F)(F)F.O=C(O)C(F)(F)F. The molecular formula is C45H73F9N4O9. The number of nitrogens with zero attached hydrogens (tertiary/aromatic N) is 1. The van der Waals surface area contributed by atoms with Gasteiger partial charge in [0.2, 0.25) is 5.91 Å². The minimum Gasteiger partial charge on any atom is -0.475 e. The zero-order valence-corrected chi connectivity index (χ0v) is 39.4. The fraction of sp³-hybridized carbons (Fsp3) is 0.844. The molecule has 22 heteroatoms. The first-order valence-corrected chi connectivity index (χ1v) is 23.0. The van der Waals surface area contributed by atoms with Crippen LogP contribution in [0.2, 0.25) is 0 Å². The molecule has 0 heterocycles. The molecule has 0 saturated heterocycles. The van der Waals surface area contributed by atoms with E-state index in [2.05, 4.69) is 50.9 Å². The lowest BCUT2D eigenvalue weighted by Crippen LogP contribution is -2.51. The van der Waals surface area contributed by atoms with Gasteiger partial charge in [-0.15, -0.1) is 0 Å². The Kier molecular flexibility index (Phi) is 24.7. The second-order valence-corrected chi connectivity index (χ2v) is 19.2. The molecule has 0 radical (unpaired) electrons. The summed E-state index contributed by atoms with van der Waals surface area (Å²) in [6.07, 6.45) is 3.14. The molecular weight excluding hydrogens is 911 g/mol. The van der Waals surface area contributed by atoms with Gasteiger partial charge in [-0.1, -0.05) is 65.5 Å². The zero-order chi connectivity index (χ0) is 51.7. The molecule has 67 heavy (non-hydrogen) atoms. The van der Waals surface area contributed by atoms with Gasteiger partial charge in [0.25, 0.3) is 0 Å². The molecule has 1 amide bonds. The molecule has 0 aliphatic heterocycles. The number of carboxylic acid groups (broad SMARTS) is 3. The number of alkyl halides is 9. The van der Waals surface area contributed by atoms with E-state index >= 15 is 0 Å². The van der Waals surface area contributed by atoms with Gasteiger partial charge in [-0.05, 0) is 137 Å². The monoisotopic (exact) mass is 985 g/mol. The van der Waals surface area contributed by atoms with Gasteiger partial charge in [0.05, 0.1) is 0 Å². The summed E-state index contributed by atoms with van der Waals surface area (Å²) >= 11 is 0. The second kappa shape index (κ2) is 26.9. The van der Waals surface area contributed by atoms with Crippen LogP contribution in [-0.2, 0) is 28.7 Å². The number of carbonyl (C=O) groups excluding carboxylic acids is 2. The number of nitrogens with two attached hydrogens (primary N) is 2. The molecule has 390 valence electrons. The molecule has 13 nitrogen and oxygen atoms in total. The molecule has 4 rings (SSSR count). The van der Waals surface area contributed by atoms with Crippen LogP contribution in [0.4, 0.5) is 39.5 Å². The molecule has 4 aliphatic carbocycles. The average molecular weight is 985 g/mol. The number of fused-ring (bicyclic) bond motifs is 5. The fourth-order valence-electron chi connectivity index (χ4n) is 10.6. The van der Waals surface area contributed by atoms with Crippen molar-refractivity contribution in [2.45, 2.75) is 162 Å². The smallest absolute Gasteiger partial charge is 0.475 e. The summed E-state index contributed by atoms with van der Waals surface area (Å²) in [4.78, 5) is 54.7. The van der Waals surface area contributed by atoms with E-state index in [-0.39, 0.29) is 23.4 Å². The predicted molar refractivity (Wildman–Crippen MR) is 230 cm³/mol. The highest BCUT2D eigenvalue weighted by atomic mass is 19.4. The van der Waals surface area contributed by atoms with Gasteiger partial charge in [-0.3, -0.25) is 4.79 Å². The minimum atomic E-state index is -5.08. The first-order valence-electron chi connectivity index (χ1n) is 23.0. The Morgan fingerprint density at radius 3 is 1.72 bits per heavy atom. The Morgan fingerprint density at radius 2 is 1.25 bits per heavy atom. The number of carboxylic acids is 3. The lowest BCUT2D eigenvalue weighted by atomic mass is 9.47. The molecule has 0 spiro atoms. The van der Waals surface area contributed by atoms with E-state index in [1.54, 1.807) is 6.92 Å². The number of aliphatic carboxylic acids is 3. The standard InChI is InChI=1S/C39H70N4O3.3C2HF3O2/c1-27(2)10-7-11-28(3)33-14-15-34-32-13-12-30-26-31(16-19-38(30,5)35(32)17-20-39(33,34)6)46-37(45)29(4)42-36(44)18-25-43(23-8-21-40)24-9-22-41;3*3-2(4,5)1(6)7/h12,27-29,31-35H,7-11,13-26,40-41H2,1-6H3,(H,42,44);3*(H,6,7)/t28-,29+,31?,32?,33-,34?,35?,38+,39-;;;/m1.../s1. The lowest BCUT2D eigenvalue weighted by molar-refractivity contribution is -0.193. The normalized spacial score (nSPS) is 26.6. The van der Waals surface area contributed by atoms with E-state index in [1.807, 2.05) is 0 Å². The van der Waals surface area contributed by atoms with Crippen LogP contribution >= 0.6 is 0 Å². The summed E-state index contributed by atoms with van der Waals surface area (Å²) in [5.74, 6) is -3.76. The Bertz CT molecular complexity index is 1560. The van der Waals surface area contributed by atoms with Crippen LogP contribution < -0.4 is 16.8 Å². The quantitative estimate of drug-likeness (QED) is 0.0458. The van der Waals surface area contributed by atoms with Gasteiger partial charge < -0.3 is 41.7 Å². The van der Waals surface area contributed by atoms with Crippen molar-refractivity contribution in [1.82, 2.24) is 10.2 Å². The van der Waals surface area contributed by atoms with Gasteiger partial charge in [0.15, 0.2) is 0 Å². The fourth-order valence-corrected chi connectivity index (χ4v) is 10.6. The Hall–Kier alpha value is -3.66. The number of amides is 1. The number of hydrogen-bond acceptors (Lipinski definition) is 9. The van der Waals surface area contributed by atoms with Crippen LogP contribution in [0.1, 0.15) is 131 Å². The molecule has 0 aromatic rings. The van der Waals surface area contributed by atoms with Crippen molar-refractivity contribution in [3.8, 4) is 0 Å². The van der Waals surface area contributed by atoms with Gasteiger partial charge in [-0.2, -0.15) is 39.5 Å². The molecule has 0 bridgehead atoms. The number of halogens is 9. The van der Waals surface area contributed by atoms with Crippen LogP contribution in [0, 0.1) is 46.3 Å². The van der Waals surface area contributed by atoms with Gasteiger partial charge in [0, 0.05) is 19.4 Å². The third-order valence-corrected chi connectivity index (χ3v) is 14.0. The highest BCUT2D eigenvalue weighted by Crippen LogP contribution is 2.67. The van der Waals surface area contributed by atoms with Crippen molar-refractivity contribution in [3.05, 3.63) is 11.6 Å². The van der Waals surface area contributed by atoms with Crippen LogP contribution in [0.3, 0.4) is 0 Å². The second-order valence-electron chi connectivity index (χ2n) is 19.2. The van der Waals surface area contributed by atoms with Crippen molar-refractivity contribution in [3.63, 3.8) is 0 Å². The van der Waals surface area contributed by atoms with Crippen LogP contribution in [0.25, 0.3) is 0 Å². The van der Waals surface area contributed by atoms with Crippen molar-refractivity contribution in [2.75, 3.05) is 32.7 Å². The summed E-state index contributed by atoms with van der Waals surface area (Å²) in [5.41, 5.74) is 13.6. The van der Waals surface area contributed by atoms with Crippen molar-refractivity contribution < 1.29 is 83.5 Å². The third kappa shape index (κ3) is 19.7. The molecule has 3 saturated carbocycles. The number of rotatable bonds is 17. The molecule has 4 aliphatic rings. The van der Waals surface area contributed by atoms with Crippen LogP contribution in [-0.4, -0.2) is 113 Å². The first kappa shape index (κ1) is 61.4. The van der Waals surface area contributed by atoms with Crippen LogP contribution in [0.15, 0.2) is 11.6 Å². The van der Waals surface area contributed by atoms with Crippen molar-refractivity contribution >= 4 is 29.8 Å². The van der Waals surface area contributed by atoms with Gasteiger partial charge >= 0.3 is 42.4 Å². The number of allylic oxidation sites excluding steroid dienone is 1. The van der Waals surface area contributed by atoms with Gasteiger partial charge in [0.1, 0.15) is 12.1 Å². The maximum atomic E-state index is 13.1. The summed E-state index contributed by atoms with van der Waals surface area (Å²) in [6, 6.07) is -0.647. The number of nitrogens with one attached hydrogen (secondary N) is 1. The van der Waals surface area contributed by atoms with E-state index in [9.17, 15) is 49.1 Å². The molecule has 3 fully saturated rings. The van der Waals surface area contributed by atoms with Crippen molar-refractivity contribution in [1.29, 1.82) is 0 Å². The first-order chi connectivity index (χ1) is 30.8. The Labute approximate surface area is 387 Å². The topological polar surface area (TPSA) is 223 Å². The summed E-state index contributed by atoms with van der Waals surface area (Å²) < 4.78 is 101. The van der Waals surface area contributed by atoms with E-state index in [0.717, 1.165) is 80.7 Å². The van der Waals surface area contributed by atoms with E-state index < -0.39 is 42.5 Å². The summed E-state index contributed by atoms with van der Waals surface area (Å²) in [5, 5.41) is 24.3. The number of ether oxygens (including phenoxy) is 1. The average Bonchev–Trinajstić information content (AvgIpc) is 3.57. The lowest BCUT2D eigenvalue weighted by Gasteiger charge is -2.58. The van der Waals surface area contributed by atoms with Crippen molar-refractivity contribution in [2.24, 2.45) is 57.8 Å². The maximum absolute atomic E-state index is 13.1. The highest BCUT2D eigenvalue weighted by molar-refractivity contribution is 5.84. The number of hydrogen-bond donors (Lipinski definition) is 6. The zero-order valence-electron chi connectivity index (χ0n) is 39.4. The van der Waals surface area contributed by atoms with Gasteiger partial charge in [-0.25, -0.2) is 19.2 Å². The highest BCUT2D eigenvalue weighted by Gasteiger charge is 2.59. The minimum absolute atomic E-state index is 0.0952. The number of carbonyl (C=O) groups is 5. The Morgan fingerprint density at radius 1 is 0.746 bits per heavy atom. The molecule has 4 unspecified atom stereocenters. The predicted octanol–water partition coefficient (Wildman–Crippen LogP) is 8.73. The van der Waals surface area contributed by atoms with E-state index in [4.69, 9.17) is 45.9 Å².